The fraction of sp³-hybridized carbons (Fsp3) is 0.830. The maximum atomic E-state index is 6.78. The van der Waals surface area contributed by atoms with E-state index in [0.717, 1.165) is 25.2 Å². The zero-order valence-electron chi connectivity index (χ0n) is 33.1. The second-order valence-electron chi connectivity index (χ2n) is 16.6. The minimum absolute atomic E-state index is 0.244. The number of rotatable bonds is 30. The summed E-state index contributed by atoms with van der Waals surface area (Å²) in [6, 6.07) is 0. The highest BCUT2D eigenvalue weighted by Gasteiger charge is 2.57. The Morgan fingerprint density at radius 2 is 0.857 bits per heavy atom. The van der Waals surface area contributed by atoms with Crippen LogP contribution in [0.15, 0.2) is 48.6 Å². The van der Waals surface area contributed by atoms with Crippen molar-refractivity contribution in [2.45, 2.75) is 238 Å². The number of unbranched alkanes of at least 4 members (excludes halogenated alkanes) is 18. The zero-order valence-corrected chi connectivity index (χ0v) is 33.1. The lowest BCUT2D eigenvalue weighted by Gasteiger charge is -2.32. The maximum absolute atomic E-state index is 6.78. The summed E-state index contributed by atoms with van der Waals surface area (Å²) in [5.74, 6) is 0.515. The fourth-order valence-electron chi connectivity index (χ4n) is 8.95. The van der Waals surface area contributed by atoms with Gasteiger partial charge < -0.3 is 9.47 Å². The van der Waals surface area contributed by atoms with E-state index in [4.69, 9.17) is 9.47 Å². The van der Waals surface area contributed by atoms with Gasteiger partial charge in [0.1, 0.15) is 0 Å². The van der Waals surface area contributed by atoms with Crippen LogP contribution in [0.3, 0.4) is 0 Å². The minimum atomic E-state index is -0.244. The average molecular weight is 679 g/mol. The SMILES string of the molecule is CCCCC/C=C\C/C=C\CCCCCCCCC1(CCCCCCCC/C=C\C/C=C\CCCCC)CCC2(C1)O[C@@H]1CC(C)C[C@H]1O2. The molecule has 0 aromatic carbocycles. The summed E-state index contributed by atoms with van der Waals surface area (Å²) >= 11 is 0. The van der Waals surface area contributed by atoms with Crippen molar-refractivity contribution in [3.63, 3.8) is 0 Å². The molecule has 2 nitrogen and oxygen atoms in total. The molecule has 2 saturated carbocycles. The summed E-state index contributed by atoms with van der Waals surface area (Å²) in [4.78, 5) is 0. The van der Waals surface area contributed by atoms with E-state index in [2.05, 4.69) is 69.4 Å². The van der Waals surface area contributed by atoms with Gasteiger partial charge in [0.15, 0.2) is 5.79 Å². The molecule has 0 aromatic heterocycles. The highest BCUT2D eigenvalue weighted by atomic mass is 16.8. The smallest absolute Gasteiger partial charge is 0.169 e. The highest BCUT2D eigenvalue weighted by Crippen LogP contribution is 2.57. The third kappa shape index (κ3) is 18.3. The molecule has 1 saturated heterocycles. The fourth-order valence-corrected chi connectivity index (χ4v) is 8.95. The van der Waals surface area contributed by atoms with Gasteiger partial charge >= 0.3 is 0 Å². The van der Waals surface area contributed by atoms with Crippen LogP contribution in [0.25, 0.3) is 0 Å². The summed E-state index contributed by atoms with van der Waals surface area (Å²) in [6.07, 6.45) is 60.5. The third-order valence-corrected chi connectivity index (χ3v) is 11.9. The quantitative estimate of drug-likeness (QED) is 0.0556. The molecule has 3 fully saturated rings. The Hall–Kier alpha value is -1.12. The monoisotopic (exact) mass is 679 g/mol. The van der Waals surface area contributed by atoms with Crippen LogP contribution in [-0.4, -0.2) is 18.0 Å². The van der Waals surface area contributed by atoms with E-state index < -0.39 is 0 Å². The van der Waals surface area contributed by atoms with Crippen molar-refractivity contribution in [3.05, 3.63) is 48.6 Å². The molecule has 0 aromatic rings. The highest BCUT2D eigenvalue weighted by molar-refractivity contribution is 5.01. The summed E-state index contributed by atoms with van der Waals surface area (Å²) in [6.45, 7) is 6.92. The Kier molecular flexibility index (Phi) is 23.0. The largest absolute Gasteiger partial charge is 0.344 e. The van der Waals surface area contributed by atoms with Crippen LogP contribution >= 0.6 is 0 Å². The first kappa shape index (κ1) is 42.3. The minimum Gasteiger partial charge on any atom is -0.344 e. The first-order valence-electron chi connectivity index (χ1n) is 22.1. The molecule has 0 amide bonds. The predicted octanol–water partition coefficient (Wildman–Crippen LogP) is 15.5. The van der Waals surface area contributed by atoms with Gasteiger partial charge in [-0.05, 0) is 108 Å². The average Bonchev–Trinajstić information content (AvgIpc) is 3.73. The van der Waals surface area contributed by atoms with Crippen molar-refractivity contribution in [2.75, 3.05) is 0 Å². The van der Waals surface area contributed by atoms with Gasteiger partial charge in [-0.2, -0.15) is 0 Å². The first-order chi connectivity index (χ1) is 24.1. The molecule has 49 heavy (non-hydrogen) atoms. The Bertz CT molecular complexity index is 849. The molecular weight excluding hydrogens is 597 g/mol. The van der Waals surface area contributed by atoms with E-state index >= 15 is 0 Å². The molecule has 2 atom stereocenters. The van der Waals surface area contributed by atoms with E-state index in [-0.39, 0.29) is 5.79 Å². The number of ether oxygens (including phenoxy) is 2. The van der Waals surface area contributed by atoms with Crippen molar-refractivity contribution in [2.24, 2.45) is 11.3 Å². The van der Waals surface area contributed by atoms with Crippen molar-refractivity contribution < 1.29 is 9.47 Å². The zero-order chi connectivity index (χ0) is 34.7. The standard InChI is InChI=1S/C47H82O2/c1-4-6-8-10-12-14-16-18-20-22-24-26-28-30-32-34-36-46(38-39-47(42-46)48-44-40-43(3)41-45(44)49-47)37-35-33-31-29-27-25-23-21-19-17-15-13-11-9-7-5-2/h12-15,18-21,43-45H,4-11,16-17,22-42H2,1-3H3/b14-12-,15-13-,20-18-,21-19-/t43?,44-,45-,47?/m1/s1. The van der Waals surface area contributed by atoms with E-state index in [0.29, 0.717) is 17.6 Å². The van der Waals surface area contributed by atoms with Crippen LogP contribution in [0, 0.1) is 11.3 Å². The molecule has 2 heteroatoms. The molecule has 0 radical (unpaired) electrons. The van der Waals surface area contributed by atoms with Crippen molar-refractivity contribution >= 4 is 0 Å². The number of allylic oxidation sites excluding steroid dienone is 8. The lowest BCUT2D eigenvalue weighted by molar-refractivity contribution is -0.182. The van der Waals surface area contributed by atoms with Crippen molar-refractivity contribution in [1.82, 2.24) is 0 Å². The lowest BCUT2D eigenvalue weighted by Crippen LogP contribution is -2.31. The Morgan fingerprint density at radius 1 is 0.469 bits per heavy atom. The van der Waals surface area contributed by atoms with Gasteiger partial charge in [-0.1, -0.05) is 159 Å². The number of hydrogen-bond donors (Lipinski definition) is 0. The van der Waals surface area contributed by atoms with Gasteiger partial charge in [-0.3, -0.25) is 0 Å². The van der Waals surface area contributed by atoms with Gasteiger partial charge in [0.05, 0.1) is 12.2 Å². The topological polar surface area (TPSA) is 18.5 Å². The van der Waals surface area contributed by atoms with Crippen molar-refractivity contribution in [1.29, 1.82) is 0 Å². The van der Waals surface area contributed by atoms with Crippen molar-refractivity contribution in [3.8, 4) is 0 Å². The van der Waals surface area contributed by atoms with E-state index in [1.807, 2.05) is 0 Å². The summed E-state index contributed by atoms with van der Waals surface area (Å²) in [5.41, 5.74) is 0.453. The molecule has 0 bridgehead atoms. The van der Waals surface area contributed by atoms with E-state index in [1.54, 1.807) is 0 Å². The molecule has 3 rings (SSSR count). The van der Waals surface area contributed by atoms with Gasteiger partial charge in [-0.15, -0.1) is 0 Å². The first-order valence-corrected chi connectivity index (χ1v) is 22.1. The normalized spacial score (nSPS) is 22.0. The van der Waals surface area contributed by atoms with Crippen LogP contribution in [-0.2, 0) is 9.47 Å². The summed E-state index contributed by atoms with van der Waals surface area (Å²) in [7, 11) is 0. The third-order valence-electron chi connectivity index (χ3n) is 11.9. The molecular formula is C47H82O2. The van der Waals surface area contributed by atoms with E-state index in [1.165, 1.54) is 180 Å². The Balaban J connectivity index is 1.26. The van der Waals surface area contributed by atoms with Crippen LogP contribution in [0.5, 0.6) is 0 Å². The van der Waals surface area contributed by atoms with E-state index in [9.17, 15) is 0 Å². The summed E-state index contributed by atoms with van der Waals surface area (Å²) in [5, 5.41) is 0. The van der Waals surface area contributed by atoms with Gasteiger partial charge in [0.2, 0.25) is 0 Å². The lowest BCUT2D eigenvalue weighted by atomic mass is 9.76. The molecule has 1 aliphatic heterocycles. The van der Waals surface area contributed by atoms with Crippen LogP contribution < -0.4 is 0 Å². The Labute approximate surface area is 306 Å². The maximum Gasteiger partial charge on any atom is 0.169 e. The van der Waals surface area contributed by atoms with Crippen LogP contribution in [0.1, 0.15) is 220 Å². The molecule has 2 aliphatic carbocycles. The molecule has 1 heterocycles. The van der Waals surface area contributed by atoms with Crippen LogP contribution in [0.2, 0.25) is 0 Å². The van der Waals surface area contributed by atoms with Gasteiger partial charge in [-0.25, -0.2) is 0 Å². The Morgan fingerprint density at radius 3 is 1.29 bits per heavy atom. The number of hydrogen-bond acceptors (Lipinski definition) is 2. The number of fused-ring (bicyclic) bond motifs is 1. The summed E-state index contributed by atoms with van der Waals surface area (Å²) < 4.78 is 13.6. The molecule has 3 aliphatic rings. The van der Waals surface area contributed by atoms with Gasteiger partial charge in [0.25, 0.3) is 0 Å². The molecule has 1 spiro atoms. The second-order valence-corrected chi connectivity index (χ2v) is 16.6. The second kappa shape index (κ2) is 26.6. The molecule has 282 valence electrons. The van der Waals surface area contributed by atoms with Gasteiger partial charge in [0, 0.05) is 12.8 Å². The predicted molar refractivity (Wildman–Crippen MR) is 215 cm³/mol. The molecule has 0 unspecified atom stereocenters. The molecule has 0 N–H and O–H groups in total. The van der Waals surface area contributed by atoms with Crippen LogP contribution in [0.4, 0.5) is 0 Å².